The Morgan fingerprint density at radius 2 is 1.26 bits per heavy atom. The smallest absolute Gasteiger partial charge is 0.320 e. The number of piperidine rings is 1. The van der Waals surface area contributed by atoms with Crippen molar-refractivity contribution in [2.75, 3.05) is 26.2 Å². The van der Waals surface area contributed by atoms with Gasteiger partial charge in [-0.2, -0.15) is 0 Å². The molecule has 2 aliphatic heterocycles. The highest BCUT2D eigenvalue weighted by Gasteiger charge is 2.40. The van der Waals surface area contributed by atoms with Crippen LogP contribution in [0.2, 0.25) is 0 Å². The van der Waals surface area contributed by atoms with Crippen molar-refractivity contribution in [2.45, 2.75) is 76.3 Å². The van der Waals surface area contributed by atoms with Gasteiger partial charge in [0, 0.05) is 25.2 Å². The van der Waals surface area contributed by atoms with Gasteiger partial charge in [0.1, 0.15) is 0 Å². The average molecular weight is 378 g/mol. The molecule has 0 aromatic carbocycles. The van der Waals surface area contributed by atoms with E-state index in [4.69, 9.17) is 0 Å². The Labute approximate surface area is 162 Å². The van der Waals surface area contributed by atoms with Gasteiger partial charge in [0.25, 0.3) is 0 Å². The van der Waals surface area contributed by atoms with Gasteiger partial charge >= 0.3 is 12.0 Å². The molecule has 0 atom stereocenters. The maximum absolute atomic E-state index is 13.0. The van der Waals surface area contributed by atoms with Gasteiger partial charge in [0.05, 0.1) is 5.92 Å². The predicted molar refractivity (Wildman–Crippen MR) is 104 cm³/mol. The van der Waals surface area contributed by atoms with E-state index in [1.807, 2.05) is 0 Å². The number of carboxylic acids is 1. The first kappa shape index (κ1) is 19.0. The number of hydrogen-bond acceptors (Lipinski definition) is 3. The van der Waals surface area contributed by atoms with Crippen molar-refractivity contribution in [1.29, 1.82) is 0 Å². The molecular weight excluding hydrogens is 342 g/mol. The highest BCUT2D eigenvalue weighted by atomic mass is 16.4. The summed E-state index contributed by atoms with van der Waals surface area (Å²) in [6, 6.07) is 0.902. The zero-order chi connectivity index (χ0) is 18.8. The quantitative estimate of drug-likeness (QED) is 0.790. The van der Waals surface area contributed by atoms with Crippen molar-refractivity contribution >= 4 is 12.0 Å². The van der Waals surface area contributed by atoms with Crippen molar-refractivity contribution in [3.8, 4) is 0 Å². The number of nitrogens with zero attached hydrogens (tertiary/aromatic N) is 2. The van der Waals surface area contributed by atoms with E-state index in [2.05, 4.69) is 15.1 Å². The van der Waals surface area contributed by atoms with E-state index in [0.717, 1.165) is 37.8 Å². The van der Waals surface area contributed by atoms with Crippen LogP contribution >= 0.6 is 0 Å². The molecule has 0 unspecified atom stereocenters. The predicted octanol–water partition coefficient (Wildman–Crippen LogP) is 2.93. The summed E-state index contributed by atoms with van der Waals surface area (Å²) >= 11 is 0. The second-order valence-electron chi connectivity index (χ2n) is 9.17. The molecule has 2 saturated heterocycles. The molecule has 2 heterocycles. The summed E-state index contributed by atoms with van der Waals surface area (Å²) in [4.78, 5) is 28.4. The summed E-state index contributed by atoms with van der Waals surface area (Å²) in [5.41, 5.74) is 0. The molecule has 2 saturated carbocycles. The van der Waals surface area contributed by atoms with Crippen LogP contribution in [0.15, 0.2) is 0 Å². The van der Waals surface area contributed by atoms with Crippen LogP contribution in [0.1, 0.15) is 64.2 Å². The number of carbonyl (C=O) groups is 2. The van der Waals surface area contributed by atoms with Gasteiger partial charge in [0.15, 0.2) is 0 Å². The summed E-state index contributed by atoms with van der Waals surface area (Å²) < 4.78 is 0. The van der Waals surface area contributed by atoms with Gasteiger partial charge < -0.3 is 20.2 Å². The van der Waals surface area contributed by atoms with Crippen LogP contribution in [0, 0.1) is 17.8 Å². The van der Waals surface area contributed by atoms with Crippen LogP contribution in [-0.2, 0) is 4.79 Å². The summed E-state index contributed by atoms with van der Waals surface area (Å²) in [6.07, 6.45) is 10.7. The number of rotatable bonds is 4. The Hall–Kier alpha value is -1.30. The largest absolute Gasteiger partial charge is 0.481 e. The van der Waals surface area contributed by atoms with Crippen LogP contribution in [0.5, 0.6) is 0 Å². The van der Waals surface area contributed by atoms with E-state index in [9.17, 15) is 14.7 Å². The minimum atomic E-state index is -0.673. The lowest BCUT2D eigenvalue weighted by atomic mass is 9.74. The fourth-order valence-electron chi connectivity index (χ4n) is 6.08. The lowest BCUT2D eigenvalue weighted by Crippen LogP contribution is -2.45. The van der Waals surface area contributed by atoms with E-state index in [1.165, 1.54) is 51.6 Å². The number of nitrogens with one attached hydrogen (secondary N) is 1. The van der Waals surface area contributed by atoms with Gasteiger partial charge in [-0.25, -0.2) is 4.79 Å². The number of aliphatic carboxylic acids is 1. The summed E-state index contributed by atoms with van der Waals surface area (Å²) in [5.74, 6) is 0.875. The second-order valence-corrected chi connectivity index (χ2v) is 9.17. The van der Waals surface area contributed by atoms with Crippen molar-refractivity contribution in [3.05, 3.63) is 0 Å². The minimum Gasteiger partial charge on any atom is -0.481 e. The molecule has 4 aliphatic rings. The van der Waals surface area contributed by atoms with E-state index in [-0.39, 0.29) is 18.0 Å². The van der Waals surface area contributed by atoms with Gasteiger partial charge in [-0.1, -0.05) is 0 Å². The number of amides is 2. The first-order valence-corrected chi connectivity index (χ1v) is 11.1. The van der Waals surface area contributed by atoms with Crippen LogP contribution in [0.4, 0.5) is 4.79 Å². The molecule has 6 nitrogen and oxygen atoms in total. The third-order valence-corrected chi connectivity index (χ3v) is 7.79. The van der Waals surface area contributed by atoms with Crippen molar-refractivity contribution in [2.24, 2.45) is 17.8 Å². The molecule has 0 aromatic heterocycles. The summed E-state index contributed by atoms with van der Waals surface area (Å²) in [7, 11) is 0. The third kappa shape index (κ3) is 4.10. The Balaban J connectivity index is 1.26. The Morgan fingerprint density at radius 1 is 0.778 bits per heavy atom. The highest BCUT2D eigenvalue weighted by molar-refractivity contribution is 5.77. The minimum absolute atomic E-state index is 0.208. The maximum atomic E-state index is 13.0. The average Bonchev–Trinajstić information content (AvgIpc) is 3.10. The fourth-order valence-corrected chi connectivity index (χ4v) is 6.08. The van der Waals surface area contributed by atoms with Crippen LogP contribution in [0.25, 0.3) is 0 Å². The lowest BCUT2D eigenvalue weighted by molar-refractivity contribution is -0.143. The van der Waals surface area contributed by atoms with Gasteiger partial charge in [-0.3, -0.25) is 4.79 Å². The topological polar surface area (TPSA) is 72.9 Å². The molecular formula is C21H35N3O3. The molecule has 152 valence electrons. The lowest BCUT2D eigenvalue weighted by Gasteiger charge is -2.39. The molecule has 0 aromatic rings. The molecule has 2 amide bonds. The Bertz CT molecular complexity index is 533. The van der Waals surface area contributed by atoms with Gasteiger partial charge in [-0.15, -0.1) is 0 Å². The Kier molecular flexibility index (Phi) is 5.90. The van der Waals surface area contributed by atoms with E-state index < -0.39 is 5.97 Å². The van der Waals surface area contributed by atoms with E-state index in [1.54, 1.807) is 0 Å². The normalized spacial score (nSPS) is 36.2. The third-order valence-electron chi connectivity index (χ3n) is 7.79. The van der Waals surface area contributed by atoms with Crippen molar-refractivity contribution in [3.63, 3.8) is 0 Å². The first-order valence-electron chi connectivity index (χ1n) is 11.1. The maximum Gasteiger partial charge on any atom is 0.320 e. The number of hydrogen-bond donors (Lipinski definition) is 2. The van der Waals surface area contributed by atoms with Crippen LogP contribution in [-0.4, -0.2) is 65.2 Å². The van der Waals surface area contributed by atoms with E-state index in [0.29, 0.717) is 18.9 Å². The SMILES string of the molecule is O=C1N([C@H]2CC[C@H](C(=O)O)CC2)CCN1[C@H]1CC[C@H](C2CCNCC2)CC1. The monoisotopic (exact) mass is 377 g/mol. The molecule has 0 radical (unpaired) electrons. The molecule has 2 aliphatic carbocycles. The van der Waals surface area contributed by atoms with Crippen LogP contribution in [0.3, 0.4) is 0 Å². The number of carboxylic acid groups (broad SMARTS) is 1. The second kappa shape index (κ2) is 8.38. The zero-order valence-corrected chi connectivity index (χ0v) is 16.4. The molecule has 27 heavy (non-hydrogen) atoms. The number of urea groups is 1. The standard InChI is InChI=1S/C21H35N3O3/c25-20(26)17-3-7-19(8-4-17)24-14-13-23(21(24)27)18-5-1-15(2-6-18)16-9-11-22-12-10-16/h15-19,22H,1-14H2,(H,25,26)/t15-,17-,18-,19-. The Morgan fingerprint density at radius 3 is 1.78 bits per heavy atom. The van der Waals surface area contributed by atoms with Gasteiger partial charge in [-0.05, 0) is 89.1 Å². The molecule has 4 fully saturated rings. The molecule has 4 rings (SSSR count). The molecule has 2 N–H and O–H groups in total. The van der Waals surface area contributed by atoms with Crippen LogP contribution < -0.4 is 5.32 Å². The first-order chi connectivity index (χ1) is 13.1. The fraction of sp³-hybridized carbons (Fsp3) is 0.905. The highest BCUT2D eigenvalue weighted by Crippen LogP contribution is 2.38. The van der Waals surface area contributed by atoms with E-state index >= 15 is 0 Å². The zero-order valence-electron chi connectivity index (χ0n) is 16.4. The number of carbonyl (C=O) groups excluding carboxylic acids is 1. The summed E-state index contributed by atoms with van der Waals surface area (Å²) in [5, 5.41) is 12.6. The van der Waals surface area contributed by atoms with Crippen molar-refractivity contribution in [1.82, 2.24) is 15.1 Å². The molecule has 0 bridgehead atoms. The molecule has 0 spiro atoms. The molecule has 6 heteroatoms. The van der Waals surface area contributed by atoms with Gasteiger partial charge in [0.2, 0.25) is 0 Å². The van der Waals surface area contributed by atoms with Crippen molar-refractivity contribution < 1.29 is 14.7 Å². The summed E-state index contributed by atoms with van der Waals surface area (Å²) in [6.45, 7) is 4.04.